The highest BCUT2D eigenvalue weighted by Gasteiger charge is 2.68. The zero-order chi connectivity index (χ0) is 26.8. The molecule has 1 aliphatic carbocycles. The molecular formula is C37H29N3+2. The van der Waals surface area contributed by atoms with Crippen LogP contribution in [-0.2, 0) is 12.0 Å². The lowest BCUT2D eigenvalue weighted by Gasteiger charge is -2.49. The first-order valence-electron chi connectivity index (χ1n) is 14.1. The Morgan fingerprint density at radius 3 is 2.55 bits per heavy atom. The van der Waals surface area contributed by atoms with Gasteiger partial charge in [0, 0.05) is 18.2 Å². The first-order valence-corrected chi connectivity index (χ1v) is 14.1. The van der Waals surface area contributed by atoms with Crippen LogP contribution in [0, 0.1) is 18.3 Å². The molecule has 2 aromatic heterocycles. The lowest BCUT2D eigenvalue weighted by Crippen LogP contribution is -2.73. The highest BCUT2D eigenvalue weighted by atomic mass is 15.2. The predicted octanol–water partition coefficient (Wildman–Crippen LogP) is 6.99. The summed E-state index contributed by atoms with van der Waals surface area (Å²) >= 11 is 0. The highest BCUT2D eigenvalue weighted by Crippen LogP contribution is 2.59. The molecule has 3 aliphatic rings. The van der Waals surface area contributed by atoms with Crippen molar-refractivity contribution in [1.82, 2.24) is 0 Å². The van der Waals surface area contributed by atoms with E-state index >= 15 is 0 Å². The summed E-state index contributed by atoms with van der Waals surface area (Å²) in [5.74, 6) is 0.301. The maximum Gasteiger partial charge on any atom is 0.221 e. The van der Waals surface area contributed by atoms with Gasteiger partial charge in [-0.1, -0.05) is 54.6 Å². The number of nitrogens with zero attached hydrogens (tertiary/aromatic N) is 3. The van der Waals surface area contributed by atoms with Crippen molar-refractivity contribution in [2.45, 2.75) is 37.3 Å². The van der Waals surface area contributed by atoms with E-state index in [4.69, 9.17) is 0 Å². The van der Waals surface area contributed by atoms with Crippen LogP contribution in [0.5, 0.6) is 0 Å². The van der Waals surface area contributed by atoms with E-state index in [1.165, 1.54) is 50.3 Å². The van der Waals surface area contributed by atoms with Gasteiger partial charge in [-0.15, -0.1) is 0 Å². The Hall–Kier alpha value is -4.81. The minimum absolute atomic E-state index is 0.209. The number of hydrogen-bond acceptors (Lipinski definition) is 1. The Morgan fingerprint density at radius 2 is 1.68 bits per heavy atom. The van der Waals surface area contributed by atoms with E-state index in [0.29, 0.717) is 17.5 Å². The number of aryl methyl sites for hydroxylation is 1. The van der Waals surface area contributed by atoms with Crippen LogP contribution in [0.25, 0.3) is 33.6 Å². The summed E-state index contributed by atoms with van der Waals surface area (Å²) in [7, 11) is 0. The molecule has 1 saturated carbocycles. The van der Waals surface area contributed by atoms with E-state index in [1.807, 2.05) is 6.07 Å². The molecule has 4 heterocycles. The van der Waals surface area contributed by atoms with Gasteiger partial charge in [-0.3, -0.25) is 0 Å². The maximum atomic E-state index is 9.69. The fourth-order valence-electron chi connectivity index (χ4n) is 7.65. The standard InChI is InChI=1S/C37H29N3/c1-25-18-21-40-36(34(25)27-10-3-2-4-11-27)29-17-16-26(24-38)22-28(29)12-9-19-37(40)23-33-35(37)31-14-6-5-13-30(31)32-15-7-8-20-39(32)33/h2-11,13-22,33,35H,12,23H2,1H3/q+2/b19-9+. The molecule has 1 fully saturated rings. The Bertz CT molecular complexity index is 1900. The fraction of sp³-hybridized carbons (Fsp3) is 0.162. The molecule has 40 heavy (non-hydrogen) atoms. The van der Waals surface area contributed by atoms with Gasteiger partial charge in [-0.2, -0.15) is 14.4 Å². The third-order valence-corrected chi connectivity index (χ3v) is 9.37. The van der Waals surface area contributed by atoms with Crippen molar-refractivity contribution in [3.8, 4) is 39.7 Å². The molecular weight excluding hydrogens is 486 g/mol. The van der Waals surface area contributed by atoms with Crippen LogP contribution < -0.4 is 9.13 Å². The van der Waals surface area contributed by atoms with Gasteiger partial charge < -0.3 is 0 Å². The molecule has 190 valence electrons. The quantitative estimate of drug-likeness (QED) is 0.175. The molecule has 3 unspecified atom stereocenters. The van der Waals surface area contributed by atoms with Crippen molar-refractivity contribution >= 4 is 0 Å². The molecule has 0 N–H and O–H groups in total. The molecule has 5 aromatic rings. The molecule has 0 bridgehead atoms. The first kappa shape index (κ1) is 23.1. The van der Waals surface area contributed by atoms with Crippen LogP contribution in [0.4, 0.5) is 0 Å². The number of pyridine rings is 2. The molecule has 2 aliphatic heterocycles. The van der Waals surface area contributed by atoms with Crippen molar-refractivity contribution in [1.29, 1.82) is 5.26 Å². The smallest absolute Gasteiger partial charge is 0.194 e. The van der Waals surface area contributed by atoms with Crippen molar-refractivity contribution < 1.29 is 9.13 Å². The van der Waals surface area contributed by atoms with E-state index in [2.05, 4.69) is 138 Å². The third kappa shape index (κ3) is 3.11. The average molecular weight is 516 g/mol. The second kappa shape index (κ2) is 8.60. The van der Waals surface area contributed by atoms with Crippen LogP contribution in [-0.4, -0.2) is 0 Å². The number of aromatic nitrogens is 2. The minimum atomic E-state index is -0.209. The maximum absolute atomic E-state index is 9.69. The van der Waals surface area contributed by atoms with Crippen LogP contribution in [0.1, 0.15) is 40.6 Å². The summed E-state index contributed by atoms with van der Waals surface area (Å²) in [6.45, 7) is 2.22. The van der Waals surface area contributed by atoms with Crippen molar-refractivity contribution in [2.24, 2.45) is 0 Å². The number of nitriles is 1. The topological polar surface area (TPSA) is 31.5 Å². The van der Waals surface area contributed by atoms with Crippen molar-refractivity contribution in [2.75, 3.05) is 0 Å². The Kier molecular flexibility index (Phi) is 4.97. The number of rotatable bonds is 1. The molecule has 0 saturated heterocycles. The largest absolute Gasteiger partial charge is 0.221 e. The SMILES string of the molecule is Cc1cc[n+]2c(c1-c1ccccc1)-c1ccc(C#N)cc1C/C=C/C21CC2C1c1ccccc1-c1cccc[n+]12. The van der Waals surface area contributed by atoms with Gasteiger partial charge in [0.15, 0.2) is 18.4 Å². The number of fused-ring (bicyclic) bond motifs is 11. The third-order valence-electron chi connectivity index (χ3n) is 9.37. The van der Waals surface area contributed by atoms with Gasteiger partial charge in [0.2, 0.25) is 16.9 Å². The molecule has 8 rings (SSSR count). The van der Waals surface area contributed by atoms with Gasteiger partial charge in [0.25, 0.3) is 0 Å². The number of allylic oxidation sites excluding steroid dienone is 2. The molecule has 3 nitrogen and oxygen atoms in total. The Labute approximate surface area is 234 Å². The fourth-order valence-corrected chi connectivity index (χ4v) is 7.65. The lowest BCUT2D eigenvalue weighted by molar-refractivity contribution is -0.816. The monoisotopic (exact) mass is 515 g/mol. The molecule has 1 spiro atoms. The van der Waals surface area contributed by atoms with E-state index in [9.17, 15) is 5.26 Å². The Balaban J connectivity index is 1.44. The van der Waals surface area contributed by atoms with Gasteiger partial charge in [0.1, 0.15) is 5.92 Å². The summed E-state index contributed by atoms with van der Waals surface area (Å²) in [6.07, 6.45) is 11.2. The normalized spacial score (nSPS) is 22.2. The van der Waals surface area contributed by atoms with Crippen LogP contribution in [0.15, 0.2) is 122 Å². The van der Waals surface area contributed by atoms with Crippen LogP contribution >= 0.6 is 0 Å². The second-order valence-electron chi connectivity index (χ2n) is 11.4. The first-order chi connectivity index (χ1) is 19.7. The zero-order valence-corrected chi connectivity index (χ0v) is 22.5. The van der Waals surface area contributed by atoms with Crippen LogP contribution in [0.3, 0.4) is 0 Å². The second-order valence-corrected chi connectivity index (χ2v) is 11.4. The van der Waals surface area contributed by atoms with Gasteiger partial charge >= 0.3 is 0 Å². The lowest BCUT2D eigenvalue weighted by atomic mass is 9.56. The minimum Gasteiger partial charge on any atom is -0.194 e. The summed E-state index contributed by atoms with van der Waals surface area (Å²) in [5, 5.41) is 9.69. The number of hydrogen-bond donors (Lipinski definition) is 0. The van der Waals surface area contributed by atoms with E-state index in [-0.39, 0.29) is 5.54 Å². The van der Waals surface area contributed by atoms with Crippen LogP contribution in [0.2, 0.25) is 0 Å². The summed E-state index contributed by atoms with van der Waals surface area (Å²) in [4.78, 5) is 0. The summed E-state index contributed by atoms with van der Waals surface area (Å²) in [5.41, 5.74) is 12.0. The number of benzene rings is 3. The van der Waals surface area contributed by atoms with Gasteiger partial charge in [0.05, 0.1) is 34.7 Å². The summed E-state index contributed by atoms with van der Waals surface area (Å²) < 4.78 is 5.08. The van der Waals surface area contributed by atoms with E-state index < -0.39 is 0 Å². The molecule has 0 radical (unpaired) electrons. The molecule has 3 atom stereocenters. The van der Waals surface area contributed by atoms with E-state index in [1.54, 1.807) is 0 Å². The van der Waals surface area contributed by atoms with Gasteiger partial charge in [-0.05, 0) is 72.0 Å². The Morgan fingerprint density at radius 1 is 0.850 bits per heavy atom. The van der Waals surface area contributed by atoms with Crippen molar-refractivity contribution in [3.05, 3.63) is 144 Å². The summed E-state index contributed by atoms with van der Waals surface area (Å²) in [6, 6.07) is 37.6. The average Bonchev–Trinajstić information content (AvgIpc) is 2.98. The van der Waals surface area contributed by atoms with Gasteiger partial charge in [-0.25, -0.2) is 0 Å². The molecule has 3 heteroatoms. The zero-order valence-electron chi connectivity index (χ0n) is 22.5. The highest BCUT2D eigenvalue weighted by molar-refractivity contribution is 5.83. The van der Waals surface area contributed by atoms with Crippen molar-refractivity contribution in [3.63, 3.8) is 0 Å². The molecule has 0 amide bonds. The molecule has 3 aromatic carbocycles. The predicted molar refractivity (Wildman–Crippen MR) is 156 cm³/mol. The van der Waals surface area contributed by atoms with E-state index in [0.717, 1.165) is 12.8 Å².